The number of carbonyl (C=O) groups is 1. The van der Waals surface area contributed by atoms with Gasteiger partial charge in [-0.1, -0.05) is 25.5 Å². The Morgan fingerprint density at radius 2 is 1.86 bits per heavy atom. The smallest absolute Gasteiger partial charge is 0.171 e. The van der Waals surface area contributed by atoms with Crippen molar-refractivity contribution in [3.63, 3.8) is 0 Å². The van der Waals surface area contributed by atoms with E-state index in [4.69, 9.17) is 4.74 Å². The van der Waals surface area contributed by atoms with Crippen LogP contribution in [-0.2, 0) is 12.8 Å². The summed E-state index contributed by atoms with van der Waals surface area (Å²) in [7, 11) is 0. The summed E-state index contributed by atoms with van der Waals surface area (Å²) in [5.74, 6) is 0.161. The van der Waals surface area contributed by atoms with E-state index in [2.05, 4.69) is 6.92 Å². The number of ether oxygens (including phenoxy) is 1. The zero-order chi connectivity index (χ0) is 15.7. The minimum atomic E-state index is -0.315. The van der Waals surface area contributed by atoms with E-state index in [-0.39, 0.29) is 29.5 Å². The van der Waals surface area contributed by atoms with Crippen molar-refractivity contribution in [1.29, 1.82) is 0 Å². The van der Waals surface area contributed by atoms with Crippen LogP contribution in [0.1, 0.15) is 41.3 Å². The van der Waals surface area contributed by atoms with E-state index in [0.29, 0.717) is 11.3 Å². The molecule has 0 aliphatic carbocycles. The molecular formula is C18H18O4. The number of benzene rings is 2. The standard InChI is InChI=1S/C18H18O4/c1-2-3-4-11-5-6-17-12(7-11)8-14(19)13-9-15(20)16(21)10-18(13)22-17/h5-7,9-10,20-21H,2-4,8H2,1H3. The van der Waals surface area contributed by atoms with Crippen LogP contribution in [0.15, 0.2) is 30.3 Å². The third-order valence-corrected chi connectivity index (χ3v) is 3.89. The highest BCUT2D eigenvalue weighted by atomic mass is 16.5. The number of hydrogen-bond donors (Lipinski definition) is 2. The highest BCUT2D eigenvalue weighted by Crippen LogP contribution is 2.39. The van der Waals surface area contributed by atoms with Crippen LogP contribution in [0.3, 0.4) is 0 Å². The SMILES string of the molecule is CCCCc1ccc2c(c1)CC(=O)c1cc(O)c(O)cc1O2. The fourth-order valence-corrected chi connectivity index (χ4v) is 2.65. The molecule has 4 nitrogen and oxygen atoms in total. The van der Waals surface area contributed by atoms with Crippen molar-refractivity contribution in [3.05, 3.63) is 47.0 Å². The van der Waals surface area contributed by atoms with Crippen molar-refractivity contribution in [2.75, 3.05) is 0 Å². The van der Waals surface area contributed by atoms with Crippen LogP contribution in [0.25, 0.3) is 0 Å². The third kappa shape index (κ3) is 2.64. The maximum Gasteiger partial charge on any atom is 0.171 e. The largest absolute Gasteiger partial charge is 0.504 e. The Morgan fingerprint density at radius 3 is 2.64 bits per heavy atom. The summed E-state index contributed by atoms with van der Waals surface area (Å²) in [6.07, 6.45) is 3.44. The molecule has 0 atom stereocenters. The van der Waals surface area contributed by atoms with Gasteiger partial charge in [-0.3, -0.25) is 4.79 Å². The number of ketones is 1. The van der Waals surface area contributed by atoms with Crippen LogP contribution in [0.2, 0.25) is 0 Å². The molecule has 1 heterocycles. The first-order valence-corrected chi connectivity index (χ1v) is 7.47. The number of aromatic hydroxyl groups is 2. The van der Waals surface area contributed by atoms with Gasteiger partial charge in [0.2, 0.25) is 0 Å². The number of carbonyl (C=O) groups excluding carboxylic acids is 1. The van der Waals surface area contributed by atoms with Crippen LogP contribution < -0.4 is 4.74 Å². The molecule has 22 heavy (non-hydrogen) atoms. The van der Waals surface area contributed by atoms with Gasteiger partial charge >= 0.3 is 0 Å². The first-order chi connectivity index (χ1) is 10.6. The summed E-state index contributed by atoms with van der Waals surface area (Å²) in [5.41, 5.74) is 2.32. The first kappa shape index (κ1) is 14.4. The number of hydrogen-bond acceptors (Lipinski definition) is 4. The maximum absolute atomic E-state index is 12.4. The van der Waals surface area contributed by atoms with Gasteiger partial charge in [-0.2, -0.15) is 0 Å². The Labute approximate surface area is 129 Å². The summed E-state index contributed by atoms with van der Waals surface area (Å²) < 4.78 is 5.78. The van der Waals surface area contributed by atoms with Gasteiger partial charge < -0.3 is 14.9 Å². The van der Waals surface area contributed by atoms with Crippen molar-refractivity contribution >= 4 is 5.78 Å². The molecule has 0 saturated heterocycles. The van der Waals surface area contributed by atoms with Gasteiger partial charge in [-0.05, 0) is 30.5 Å². The molecule has 2 aromatic carbocycles. The fourth-order valence-electron chi connectivity index (χ4n) is 2.65. The van der Waals surface area contributed by atoms with Crippen LogP contribution in [0, 0.1) is 0 Å². The summed E-state index contributed by atoms with van der Waals surface area (Å²) >= 11 is 0. The van der Waals surface area contributed by atoms with E-state index in [1.807, 2.05) is 18.2 Å². The molecule has 0 amide bonds. The number of unbranched alkanes of at least 4 members (excludes halogenated alkanes) is 1. The normalized spacial score (nSPS) is 13.0. The van der Waals surface area contributed by atoms with Crippen molar-refractivity contribution in [2.24, 2.45) is 0 Å². The maximum atomic E-state index is 12.4. The van der Waals surface area contributed by atoms with Crippen LogP contribution in [0.4, 0.5) is 0 Å². The van der Waals surface area contributed by atoms with Crippen molar-refractivity contribution in [1.82, 2.24) is 0 Å². The van der Waals surface area contributed by atoms with Gasteiger partial charge in [0, 0.05) is 18.1 Å². The molecule has 0 radical (unpaired) electrons. The molecule has 2 aromatic rings. The molecular weight excluding hydrogens is 280 g/mol. The number of phenolic OH excluding ortho intramolecular Hbond substituents is 2. The second kappa shape index (κ2) is 5.72. The van der Waals surface area contributed by atoms with E-state index in [1.165, 1.54) is 17.7 Å². The Kier molecular flexibility index (Phi) is 3.75. The molecule has 114 valence electrons. The minimum absolute atomic E-state index is 0.128. The molecule has 0 saturated carbocycles. The van der Waals surface area contributed by atoms with Crippen molar-refractivity contribution < 1.29 is 19.7 Å². The predicted molar refractivity (Wildman–Crippen MR) is 82.9 cm³/mol. The second-order valence-corrected chi connectivity index (χ2v) is 5.58. The van der Waals surface area contributed by atoms with Gasteiger partial charge in [0.25, 0.3) is 0 Å². The molecule has 0 spiro atoms. The zero-order valence-electron chi connectivity index (χ0n) is 12.4. The van der Waals surface area contributed by atoms with Crippen LogP contribution in [-0.4, -0.2) is 16.0 Å². The number of aryl methyl sites for hydroxylation is 1. The lowest BCUT2D eigenvalue weighted by Crippen LogP contribution is -2.02. The van der Waals surface area contributed by atoms with Gasteiger partial charge in [0.15, 0.2) is 17.3 Å². The first-order valence-electron chi connectivity index (χ1n) is 7.47. The average molecular weight is 298 g/mol. The molecule has 0 unspecified atom stereocenters. The average Bonchev–Trinajstić information content (AvgIpc) is 2.62. The Morgan fingerprint density at radius 1 is 1.09 bits per heavy atom. The number of Topliss-reactive ketones (excluding diaryl/α,β-unsaturated/α-hetero) is 1. The number of phenols is 2. The van der Waals surface area contributed by atoms with Gasteiger partial charge in [0.1, 0.15) is 11.5 Å². The summed E-state index contributed by atoms with van der Waals surface area (Å²) in [6.45, 7) is 2.14. The molecule has 0 aromatic heterocycles. The van der Waals surface area contributed by atoms with E-state index >= 15 is 0 Å². The number of rotatable bonds is 3. The molecule has 3 rings (SSSR count). The number of fused-ring (bicyclic) bond motifs is 2. The van der Waals surface area contributed by atoms with E-state index in [0.717, 1.165) is 24.8 Å². The molecule has 0 bridgehead atoms. The minimum Gasteiger partial charge on any atom is -0.504 e. The van der Waals surface area contributed by atoms with Crippen LogP contribution in [0.5, 0.6) is 23.0 Å². The van der Waals surface area contributed by atoms with E-state index in [1.54, 1.807) is 0 Å². The van der Waals surface area contributed by atoms with Gasteiger partial charge in [-0.25, -0.2) is 0 Å². The quantitative estimate of drug-likeness (QED) is 0.841. The molecule has 0 fully saturated rings. The van der Waals surface area contributed by atoms with Crippen molar-refractivity contribution in [2.45, 2.75) is 32.6 Å². The van der Waals surface area contributed by atoms with Crippen LogP contribution >= 0.6 is 0 Å². The van der Waals surface area contributed by atoms with E-state index in [9.17, 15) is 15.0 Å². The summed E-state index contributed by atoms with van der Waals surface area (Å²) in [6, 6.07) is 8.42. The summed E-state index contributed by atoms with van der Waals surface area (Å²) in [5, 5.41) is 19.2. The van der Waals surface area contributed by atoms with E-state index < -0.39 is 0 Å². The molecule has 1 aliphatic heterocycles. The topological polar surface area (TPSA) is 66.8 Å². The van der Waals surface area contributed by atoms with Gasteiger partial charge in [0.05, 0.1) is 5.56 Å². The fraction of sp³-hybridized carbons (Fsp3) is 0.278. The highest BCUT2D eigenvalue weighted by Gasteiger charge is 2.23. The lowest BCUT2D eigenvalue weighted by atomic mass is 9.99. The Hall–Kier alpha value is -2.49. The lowest BCUT2D eigenvalue weighted by Gasteiger charge is -2.10. The Bertz CT molecular complexity index is 734. The van der Waals surface area contributed by atoms with Gasteiger partial charge in [-0.15, -0.1) is 0 Å². The monoisotopic (exact) mass is 298 g/mol. The predicted octanol–water partition coefficient (Wildman–Crippen LogP) is 3.97. The molecule has 2 N–H and O–H groups in total. The molecule has 1 aliphatic rings. The summed E-state index contributed by atoms with van der Waals surface area (Å²) in [4.78, 5) is 12.4. The molecule has 4 heteroatoms. The zero-order valence-corrected chi connectivity index (χ0v) is 12.4. The second-order valence-electron chi connectivity index (χ2n) is 5.58. The van der Waals surface area contributed by atoms with Crippen molar-refractivity contribution in [3.8, 4) is 23.0 Å². The lowest BCUT2D eigenvalue weighted by molar-refractivity contribution is 0.0993. The Balaban J connectivity index is 2.00. The highest BCUT2D eigenvalue weighted by molar-refractivity contribution is 6.01. The third-order valence-electron chi connectivity index (χ3n) is 3.89.